The van der Waals surface area contributed by atoms with Crippen LogP contribution in [0, 0.1) is 0 Å². The summed E-state index contributed by atoms with van der Waals surface area (Å²) in [5.74, 6) is -0.119. The summed E-state index contributed by atoms with van der Waals surface area (Å²) in [7, 11) is 2.05. The second-order valence-electron chi connectivity index (χ2n) is 8.57. The maximum atomic E-state index is 13.2. The van der Waals surface area contributed by atoms with Crippen molar-refractivity contribution < 1.29 is 4.79 Å². The fourth-order valence-corrected chi connectivity index (χ4v) is 4.36. The lowest BCUT2D eigenvalue weighted by Crippen LogP contribution is -2.28. The number of amides is 1. The molecule has 0 bridgehead atoms. The number of aromatic nitrogens is 3. The smallest absolute Gasteiger partial charge is 0.276 e. The molecule has 7 heteroatoms. The predicted octanol–water partition coefficient (Wildman–Crippen LogP) is 3.95. The number of hydrogen-bond donors (Lipinski definition) is 1. The average Bonchev–Trinajstić information content (AvgIpc) is 3.40. The normalized spacial score (nSPS) is 11.1. The molecule has 1 amide bonds. The van der Waals surface area contributed by atoms with Crippen LogP contribution in [0.2, 0.25) is 0 Å². The number of rotatable bonds is 8. The number of fused-ring (bicyclic) bond motifs is 3. The molecule has 176 valence electrons. The van der Waals surface area contributed by atoms with E-state index in [9.17, 15) is 9.59 Å². The van der Waals surface area contributed by atoms with Gasteiger partial charge in [0.25, 0.3) is 11.5 Å². The summed E-state index contributed by atoms with van der Waals surface area (Å²) in [5.41, 5.74) is 4.56. The molecule has 0 aliphatic rings. The van der Waals surface area contributed by atoms with Crippen LogP contribution in [-0.4, -0.2) is 40.0 Å². The number of nitrogens with one attached hydrogen (secondary N) is 1. The lowest BCUT2D eigenvalue weighted by atomic mass is 10.1. The molecule has 3 aromatic heterocycles. The van der Waals surface area contributed by atoms with Crippen molar-refractivity contribution in [3.05, 3.63) is 113 Å². The van der Waals surface area contributed by atoms with Crippen LogP contribution in [0.15, 0.2) is 96.1 Å². The van der Waals surface area contributed by atoms with Crippen LogP contribution in [0.1, 0.15) is 22.3 Å². The van der Waals surface area contributed by atoms with Crippen LogP contribution < -0.4 is 15.8 Å². The first kappa shape index (κ1) is 22.4. The van der Waals surface area contributed by atoms with Gasteiger partial charge < -0.3 is 14.6 Å². The first-order chi connectivity index (χ1) is 17.1. The monoisotopic (exact) mass is 465 g/mol. The molecule has 0 fully saturated rings. The van der Waals surface area contributed by atoms with Crippen molar-refractivity contribution in [2.45, 2.75) is 13.0 Å². The van der Waals surface area contributed by atoms with Crippen LogP contribution >= 0.6 is 0 Å². The summed E-state index contributed by atoms with van der Waals surface area (Å²) in [4.78, 5) is 32.6. The molecular formula is C28H27N5O2. The molecule has 7 nitrogen and oxygen atoms in total. The second kappa shape index (κ2) is 9.85. The summed E-state index contributed by atoms with van der Waals surface area (Å²) >= 11 is 0. The van der Waals surface area contributed by atoms with Crippen LogP contribution in [0.25, 0.3) is 16.7 Å². The first-order valence-corrected chi connectivity index (χ1v) is 11.7. The highest BCUT2D eigenvalue weighted by molar-refractivity contribution is 5.94. The van der Waals surface area contributed by atoms with E-state index in [4.69, 9.17) is 0 Å². The molecule has 5 rings (SSSR count). The van der Waals surface area contributed by atoms with Crippen LogP contribution in [-0.2, 0) is 6.54 Å². The van der Waals surface area contributed by atoms with Gasteiger partial charge in [0.2, 0.25) is 0 Å². The van der Waals surface area contributed by atoms with E-state index in [2.05, 4.69) is 27.3 Å². The van der Waals surface area contributed by atoms with E-state index in [0.29, 0.717) is 29.8 Å². The summed E-state index contributed by atoms with van der Waals surface area (Å²) in [6, 6.07) is 25.1. The predicted molar refractivity (Wildman–Crippen MR) is 139 cm³/mol. The molecule has 0 aliphatic heterocycles. The van der Waals surface area contributed by atoms with Crippen molar-refractivity contribution in [3.8, 4) is 0 Å². The average molecular weight is 466 g/mol. The van der Waals surface area contributed by atoms with E-state index in [-0.39, 0.29) is 11.5 Å². The third-order valence-corrected chi connectivity index (χ3v) is 6.18. The van der Waals surface area contributed by atoms with Gasteiger partial charge in [-0.1, -0.05) is 30.3 Å². The van der Waals surface area contributed by atoms with Gasteiger partial charge in [0, 0.05) is 43.8 Å². The van der Waals surface area contributed by atoms with Crippen molar-refractivity contribution >= 4 is 28.3 Å². The Balaban J connectivity index is 1.28. The fourth-order valence-electron chi connectivity index (χ4n) is 4.36. The molecule has 0 aliphatic carbocycles. The quantitative estimate of drug-likeness (QED) is 0.352. The molecular weight excluding hydrogens is 438 g/mol. The zero-order chi connectivity index (χ0) is 24.2. The van der Waals surface area contributed by atoms with Crippen molar-refractivity contribution in [2.75, 3.05) is 25.0 Å². The number of para-hydroxylation sites is 1. The fraction of sp³-hybridized carbons (Fsp3) is 0.179. The molecule has 0 saturated carbocycles. The Bertz CT molecular complexity index is 1540. The van der Waals surface area contributed by atoms with Gasteiger partial charge in [-0.3, -0.25) is 14.2 Å². The summed E-state index contributed by atoms with van der Waals surface area (Å²) < 4.78 is 3.53. The molecule has 0 atom stereocenters. The van der Waals surface area contributed by atoms with Gasteiger partial charge >= 0.3 is 0 Å². The largest absolute Gasteiger partial charge is 0.375 e. The van der Waals surface area contributed by atoms with Crippen molar-refractivity contribution in [1.29, 1.82) is 0 Å². The second-order valence-corrected chi connectivity index (χ2v) is 8.57. The molecule has 3 heterocycles. The Kier molecular flexibility index (Phi) is 6.30. The van der Waals surface area contributed by atoms with Gasteiger partial charge in [-0.15, -0.1) is 0 Å². The highest BCUT2D eigenvalue weighted by Gasteiger charge is 2.13. The van der Waals surface area contributed by atoms with E-state index in [1.54, 1.807) is 16.8 Å². The van der Waals surface area contributed by atoms with E-state index >= 15 is 0 Å². The standard InChI is InChI=1S/C28H27N5O2/c1-31(23-11-3-2-4-12-23)17-8-16-30-27(34)22-10-5-9-21(19-22)20-33-26-24(13-6-15-29-26)32-18-7-14-25(32)28(33)35/h2-7,9-15,18-19H,8,16-17,20H2,1H3,(H,30,34). The molecule has 5 aromatic rings. The minimum atomic E-state index is -0.119. The Hall–Kier alpha value is -4.39. The Morgan fingerprint density at radius 2 is 1.80 bits per heavy atom. The highest BCUT2D eigenvalue weighted by Crippen LogP contribution is 2.15. The molecule has 1 N–H and O–H groups in total. The van der Waals surface area contributed by atoms with Crippen LogP contribution in [0.5, 0.6) is 0 Å². The molecule has 2 aromatic carbocycles. The number of benzene rings is 2. The number of hydrogen-bond acceptors (Lipinski definition) is 4. The Labute approximate surface area is 203 Å². The third-order valence-electron chi connectivity index (χ3n) is 6.18. The summed E-state index contributed by atoms with van der Waals surface area (Å²) in [6.07, 6.45) is 4.39. The number of nitrogens with zero attached hydrogens (tertiary/aromatic N) is 4. The molecule has 0 unspecified atom stereocenters. The van der Waals surface area contributed by atoms with Gasteiger partial charge in [0.05, 0.1) is 12.1 Å². The van der Waals surface area contributed by atoms with E-state index < -0.39 is 0 Å². The zero-order valence-electron chi connectivity index (χ0n) is 19.6. The SMILES string of the molecule is CN(CCCNC(=O)c1cccc(Cn2c(=O)c3cccn3c3cccnc32)c1)c1ccccc1. The molecule has 0 saturated heterocycles. The summed E-state index contributed by atoms with van der Waals surface area (Å²) in [6.45, 7) is 1.76. The lowest BCUT2D eigenvalue weighted by Gasteiger charge is -2.19. The molecule has 35 heavy (non-hydrogen) atoms. The zero-order valence-corrected chi connectivity index (χ0v) is 19.6. The van der Waals surface area contributed by atoms with Gasteiger partial charge in [0.15, 0.2) is 5.65 Å². The minimum absolute atomic E-state index is 0.112. The van der Waals surface area contributed by atoms with Gasteiger partial charge in [-0.25, -0.2) is 4.98 Å². The third kappa shape index (κ3) is 4.66. The first-order valence-electron chi connectivity index (χ1n) is 11.7. The van der Waals surface area contributed by atoms with E-state index in [1.165, 1.54) is 0 Å². The Morgan fingerprint density at radius 3 is 2.66 bits per heavy atom. The molecule has 0 radical (unpaired) electrons. The van der Waals surface area contributed by atoms with Crippen molar-refractivity contribution in [1.82, 2.24) is 19.3 Å². The topological polar surface area (TPSA) is 71.6 Å². The maximum Gasteiger partial charge on any atom is 0.276 e. The summed E-state index contributed by atoms with van der Waals surface area (Å²) in [5, 5.41) is 3.01. The minimum Gasteiger partial charge on any atom is -0.375 e. The van der Waals surface area contributed by atoms with E-state index in [1.807, 2.05) is 78.3 Å². The number of carbonyl (C=O) groups excluding carboxylic acids is 1. The van der Waals surface area contributed by atoms with Gasteiger partial charge in [-0.05, 0) is 60.5 Å². The Morgan fingerprint density at radius 1 is 0.971 bits per heavy atom. The van der Waals surface area contributed by atoms with E-state index in [0.717, 1.165) is 29.7 Å². The lowest BCUT2D eigenvalue weighted by molar-refractivity contribution is 0.0953. The molecule has 0 spiro atoms. The number of anilines is 1. The van der Waals surface area contributed by atoms with Crippen molar-refractivity contribution in [2.24, 2.45) is 0 Å². The maximum absolute atomic E-state index is 13.2. The highest BCUT2D eigenvalue weighted by atomic mass is 16.1. The van der Waals surface area contributed by atoms with Crippen LogP contribution in [0.3, 0.4) is 0 Å². The number of pyridine rings is 1. The van der Waals surface area contributed by atoms with Gasteiger partial charge in [0.1, 0.15) is 5.52 Å². The van der Waals surface area contributed by atoms with Crippen molar-refractivity contribution in [3.63, 3.8) is 0 Å². The van der Waals surface area contributed by atoms with Gasteiger partial charge in [-0.2, -0.15) is 0 Å². The number of carbonyl (C=O) groups is 1. The van der Waals surface area contributed by atoms with Crippen LogP contribution in [0.4, 0.5) is 5.69 Å².